The Morgan fingerprint density at radius 1 is 0.906 bits per heavy atom. The Morgan fingerprint density at radius 3 is 2.62 bits per heavy atom. The van der Waals surface area contributed by atoms with Gasteiger partial charge in [0.1, 0.15) is 0 Å². The standard InChI is InChI=1S/C27H31N5/c1-2-7-27-26(6-1)22(19-30-27)5-3-4-21-8-10-23(11-9-21)31-24-12-13-29-25(18-24)20-32-16-14-28-15-17-32/h1-2,6-13,18-19,28,30H,3-5,14-17,20H2,(H,29,31). The maximum absolute atomic E-state index is 4.56. The highest BCUT2D eigenvalue weighted by molar-refractivity contribution is 5.83. The molecule has 0 atom stereocenters. The number of hydrogen-bond acceptors (Lipinski definition) is 4. The molecule has 0 unspecified atom stereocenters. The van der Waals surface area contributed by atoms with Crippen molar-refractivity contribution in [3.05, 3.63) is 89.9 Å². The number of hydrogen-bond donors (Lipinski definition) is 3. The monoisotopic (exact) mass is 425 g/mol. The van der Waals surface area contributed by atoms with Crippen molar-refractivity contribution in [2.75, 3.05) is 31.5 Å². The molecule has 0 bridgehead atoms. The van der Waals surface area contributed by atoms with Crippen LogP contribution in [-0.2, 0) is 19.4 Å². The molecular weight excluding hydrogens is 394 g/mol. The van der Waals surface area contributed by atoms with E-state index in [-0.39, 0.29) is 0 Å². The molecule has 5 nitrogen and oxygen atoms in total. The second-order valence-corrected chi connectivity index (χ2v) is 8.60. The zero-order chi connectivity index (χ0) is 21.6. The van der Waals surface area contributed by atoms with Crippen molar-refractivity contribution >= 4 is 22.3 Å². The van der Waals surface area contributed by atoms with E-state index in [2.05, 4.69) is 86.3 Å². The van der Waals surface area contributed by atoms with E-state index in [4.69, 9.17) is 0 Å². The molecule has 3 N–H and O–H groups in total. The lowest BCUT2D eigenvalue weighted by Gasteiger charge is -2.26. The predicted molar refractivity (Wildman–Crippen MR) is 132 cm³/mol. The first kappa shape index (κ1) is 20.7. The average Bonchev–Trinajstić information content (AvgIpc) is 3.24. The predicted octanol–water partition coefficient (Wildman–Crippen LogP) is 4.89. The highest BCUT2D eigenvalue weighted by Crippen LogP contribution is 2.21. The Morgan fingerprint density at radius 2 is 1.75 bits per heavy atom. The molecule has 5 heteroatoms. The molecule has 5 rings (SSSR count). The lowest BCUT2D eigenvalue weighted by atomic mass is 10.0. The molecule has 0 saturated carbocycles. The topological polar surface area (TPSA) is 56.0 Å². The van der Waals surface area contributed by atoms with Gasteiger partial charge in [0, 0.05) is 67.4 Å². The third-order valence-corrected chi connectivity index (χ3v) is 6.24. The van der Waals surface area contributed by atoms with Crippen LogP contribution in [0.4, 0.5) is 11.4 Å². The van der Waals surface area contributed by atoms with Crippen molar-refractivity contribution in [2.45, 2.75) is 25.8 Å². The minimum Gasteiger partial charge on any atom is -0.361 e. The number of benzene rings is 2. The molecule has 32 heavy (non-hydrogen) atoms. The van der Waals surface area contributed by atoms with Crippen LogP contribution >= 0.6 is 0 Å². The molecule has 3 heterocycles. The largest absolute Gasteiger partial charge is 0.361 e. The van der Waals surface area contributed by atoms with Crippen LogP contribution < -0.4 is 10.6 Å². The van der Waals surface area contributed by atoms with Gasteiger partial charge in [-0.1, -0.05) is 30.3 Å². The minimum absolute atomic E-state index is 0.909. The summed E-state index contributed by atoms with van der Waals surface area (Å²) in [5.41, 5.74) is 7.34. The second kappa shape index (κ2) is 9.98. The van der Waals surface area contributed by atoms with Crippen molar-refractivity contribution in [1.29, 1.82) is 0 Å². The first-order valence-corrected chi connectivity index (χ1v) is 11.6. The molecule has 0 radical (unpaired) electrons. The van der Waals surface area contributed by atoms with Crippen LogP contribution in [0.2, 0.25) is 0 Å². The summed E-state index contributed by atoms with van der Waals surface area (Å²) < 4.78 is 0. The number of anilines is 2. The quantitative estimate of drug-likeness (QED) is 0.376. The van der Waals surface area contributed by atoms with Crippen LogP contribution in [-0.4, -0.2) is 41.0 Å². The fourth-order valence-electron chi connectivity index (χ4n) is 4.48. The number of nitrogens with zero attached hydrogens (tertiary/aromatic N) is 2. The Balaban J connectivity index is 1.14. The first-order chi connectivity index (χ1) is 15.8. The van der Waals surface area contributed by atoms with Crippen LogP contribution in [0.25, 0.3) is 10.9 Å². The average molecular weight is 426 g/mol. The number of aryl methyl sites for hydroxylation is 2. The highest BCUT2D eigenvalue weighted by Gasteiger charge is 2.11. The zero-order valence-electron chi connectivity index (χ0n) is 18.5. The number of para-hydroxylation sites is 1. The Kier molecular flexibility index (Phi) is 6.47. The van der Waals surface area contributed by atoms with Gasteiger partial charge in [-0.3, -0.25) is 9.88 Å². The molecule has 0 aliphatic carbocycles. The second-order valence-electron chi connectivity index (χ2n) is 8.60. The molecule has 1 aliphatic heterocycles. The highest BCUT2D eigenvalue weighted by atomic mass is 15.2. The number of piperazine rings is 1. The number of aromatic amines is 1. The number of aromatic nitrogens is 2. The van der Waals surface area contributed by atoms with Crippen molar-refractivity contribution in [1.82, 2.24) is 20.2 Å². The third kappa shape index (κ3) is 5.18. The molecule has 1 saturated heterocycles. The molecule has 2 aromatic heterocycles. The maximum Gasteiger partial charge on any atom is 0.0564 e. The van der Waals surface area contributed by atoms with Crippen molar-refractivity contribution in [3.63, 3.8) is 0 Å². The SMILES string of the molecule is c1ccc2c(CCCc3ccc(Nc4ccnc(CN5CCNCC5)c4)cc3)c[nH]c2c1. The van der Waals surface area contributed by atoms with Crippen molar-refractivity contribution in [2.24, 2.45) is 0 Å². The van der Waals surface area contributed by atoms with Gasteiger partial charge in [-0.2, -0.15) is 0 Å². The van der Waals surface area contributed by atoms with Crippen molar-refractivity contribution in [3.8, 4) is 0 Å². The van der Waals surface area contributed by atoms with Crippen LogP contribution in [0.3, 0.4) is 0 Å². The summed E-state index contributed by atoms with van der Waals surface area (Å²) in [6.45, 7) is 5.20. The van der Waals surface area contributed by atoms with Gasteiger partial charge < -0.3 is 15.6 Å². The van der Waals surface area contributed by atoms with E-state index < -0.39 is 0 Å². The Labute approximate surface area is 189 Å². The number of nitrogens with one attached hydrogen (secondary N) is 3. The third-order valence-electron chi connectivity index (χ3n) is 6.24. The van der Waals surface area contributed by atoms with E-state index in [0.29, 0.717) is 0 Å². The van der Waals surface area contributed by atoms with Gasteiger partial charge >= 0.3 is 0 Å². The van der Waals surface area contributed by atoms with Crippen LogP contribution in [0.15, 0.2) is 73.1 Å². The fourth-order valence-corrected chi connectivity index (χ4v) is 4.48. The summed E-state index contributed by atoms with van der Waals surface area (Å²) in [6.07, 6.45) is 7.39. The summed E-state index contributed by atoms with van der Waals surface area (Å²) in [5.74, 6) is 0. The summed E-state index contributed by atoms with van der Waals surface area (Å²) in [6, 6.07) is 21.6. The lowest BCUT2D eigenvalue weighted by molar-refractivity contribution is 0.231. The van der Waals surface area contributed by atoms with Crippen LogP contribution in [0.5, 0.6) is 0 Å². The molecule has 0 spiro atoms. The molecule has 1 fully saturated rings. The van der Waals surface area contributed by atoms with Gasteiger partial charge in [0.2, 0.25) is 0 Å². The Hall–Kier alpha value is -3.15. The van der Waals surface area contributed by atoms with E-state index in [9.17, 15) is 0 Å². The summed E-state index contributed by atoms with van der Waals surface area (Å²) in [7, 11) is 0. The van der Waals surface area contributed by atoms with E-state index in [1.165, 1.54) is 22.0 Å². The first-order valence-electron chi connectivity index (χ1n) is 11.6. The summed E-state index contributed by atoms with van der Waals surface area (Å²) >= 11 is 0. The molecular formula is C27H31N5. The van der Waals surface area contributed by atoms with E-state index in [0.717, 1.165) is 69.1 Å². The van der Waals surface area contributed by atoms with E-state index in [1.807, 2.05) is 12.3 Å². The van der Waals surface area contributed by atoms with Gasteiger partial charge in [0.15, 0.2) is 0 Å². The van der Waals surface area contributed by atoms with E-state index >= 15 is 0 Å². The Bertz CT molecular complexity index is 1140. The number of rotatable bonds is 8. The zero-order valence-corrected chi connectivity index (χ0v) is 18.5. The van der Waals surface area contributed by atoms with Crippen LogP contribution in [0, 0.1) is 0 Å². The maximum atomic E-state index is 4.56. The number of pyridine rings is 1. The minimum atomic E-state index is 0.909. The molecule has 2 aromatic carbocycles. The molecule has 0 amide bonds. The van der Waals surface area contributed by atoms with Crippen LogP contribution in [0.1, 0.15) is 23.2 Å². The molecule has 164 valence electrons. The normalized spacial score (nSPS) is 14.6. The molecule has 4 aromatic rings. The fraction of sp³-hybridized carbons (Fsp3) is 0.296. The number of fused-ring (bicyclic) bond motifs is 1. The van der Waals surface area contributed by atoms with Crippen molar-refractivity contribution < 1.29 is 0 Å². The van der Waals surface area contributed by atoms with Gasteiger partial charge in [0.05, 0.1) is 5.69 Å². The van der Waals surface area contributed by atoms with Gasteiger partial charge in [-0.15, -0.1) is 0 Å². The lowest BCUT2D eigenvalue weighted by Crippen LogP contribution is -2.43. The summed E-state index contributed by atoms with van der Waals surface area (Å²) in [4.78, 5) is 10.4. The summed E-state index contributed by atoms with van der Waals surface area (Å²) in [5, 5.41) is 8.28. The van der Waals surface area contributed by atoms with Gasteiger partial charge in [-0.25, -0.2) is 0 Å². The van der Waals surface area contributed by atoms with Gasteiger partial charge in [0.25, 0.3) is 0 Å². The molecule has 1 aliphatic rings. The number of H-pyrrole nitrogens is 1. The smallest absolute Gasteiger partial charge is 0.0564 e. The van der Waals surface area contributed by atoms with E-state index in [1.54, 1.807) is 0 Å². The van der Waals surface area contributed by atoms with Gasteiger partial charge in [-0.05, 0) is 60.7 Å².